The zero-order chi connectivity index (χ0) is 21.1. The van der Waals surface area contributed by atoms with Crippen molar-refractivity contribution in [2.24, 2.45) is 0 Å². The highest BCUT2D eigenvalue weighted by atomic mass is 79.9. The fourth-order valence-electron chi connectivity index (χ4n) is 2.80. The van der Waals surface area contributed by atoms with Crippen LogP contribution in [-0.4, -0.2) is 29.5 Å². The maximum atomic E-state index is 13.8. The van der Waals surface area contributed by atoms with E-state index >= 15 is 0 Å². The van der Waals surface area contributed by atoms with Crippen molar-refractivity contribution in [1.29, 1.82) is 0 Å². The molecule has 1 aromatic carbocycles. The fraction of sp³-hybridized carbons (Fsp3) is 0.421. The maximum absolute atomic E-state index is 13.8. The van der Waals surface area contributed by atoms with E-state index in [2.05, 4.69) is 15.9 Å². The third-order valence-corrected chi connectivity index (χ3v) is 4.86. The number of hydrogen-bond acceptors (Lipinski definition) is 4. The van der Waals surface area contributed by atoms with E-state index < -0.39 is 36.4 Å². The predicted octanol–water partition coefficient (Wildman–Crippen LogP) is 5.52. The van der Waals surface area contributed by atoms with E-state index in [0.29, 0.717) is 0 Å². The molecule has 1 unspecified atom stereocenters. The third-order valence-electron chi connectivity index (χ3n) is 4.25. The highest BCUT2D eigenvalue weighted by Crippen LogP contribution is 2.44. The molecule has 0 bridgehead atoms. The van der Waals surface area contributed by atoms with Crippen molar-refractivity contribution < 1.29 is 36.9 Å². The van der Waals surface area contributed by atoms with Crippen molar-refractivity contribution >= 4 is 21.9 Å². The van der Waals surface area contributed by atoms with Crippen molar-refractivity contribution in [3.8, 4) is 5.75 Å². The molecule has 154 valence electrons. The van der Waals surface area contributed by atoms with Crippen LogP contribution in [-0.2, 0) is 16.0 Å². The Hall–Kier alpha value is -2.03. The number of aliphatic hydroxyl groups excluding tert-OH is 1. The molecule has 0 heterocycles. The van der Waals surface area contributed by atoms with Crippen molar-refractivity contribution in [1.82, 2.24) is 0 Å². The molecule has 1 aliphatic rings. The van der Waals surface area contributed by atoms with Crippen LogP contribution in [0.15, 0.2) is 40.1 Å². The minimum atomic E-state index is -4.39. The van der Waals surface area contributed by atoms with Crippen molar-refractivity contribution in [2.75, 3.05) is 6.61 Å². The zero-order valence-corrected chi connectivity index (χ0v) is 16.8. The van der Waals surface area contributed by atoms with Crippen LogP contribution in [0.25, 0.3) is 0 Å². The Bertz CT molecular complexity index is 817. The molecule has 0 spiro atoms. The summed E-state index contributed by atoms with van der Waals surface area (Å²) in [4.78, 5) is 11.8. The predicted molar refractivity (Wildman–Crippen MR) is 97.7 cm³/mol. The van der Waals surface area contributed by atoms with Crippen molar-refractivity contribution in [3.05, 3.63) is 51.5 Å². The number of benzene rings is 1. The second-order valence-electron chi connectivity index (χ2n) is 6.35. The molecule has 0 amide bonds. The average Bonchev–Trinajstić information content (AvgIpc) is 2.79. The number of hydrogen-bond donors (Lipinski definition) is 1. The topological polar surface area (TPSA) is 55.8 Å². The molecule has 0 saturated carbocycles. The van der Waals surface area contributed by atoms with E-state index in [4.69, 9.17) is 9.47 Å². The average molecular weight is 467 g/mol. The fourth-order valence-corrected chi connectivity index (χ4v) is 3.45. The number of allylic oxidation sites excluding steroid dienone is 2. The smallest absolute Gasteiger partial charge is 0.389 e. The molecule has 0 saturated heterocycles. The van der Waals surface area contributed by atoms with Crippen LogP contribution in [0, 0.1) is 5.82 Å². The lowest BCUT2D eigenvalue weighted by molar-refractivity contribution is -0.142. The van der Waals surface area contributed by atoms with Gasteiger partial charge in [0.05, 0.1) is 17.5 Å². The summed E-state index contributed by atoms with van der Waals surface area (Å²) in [5.41, 5.74) is -1.19. The number of alkyl halides is 3. The first-order valence-corrected chi connectivity index (χ1v) is 9.25. The molecule has 9 heteroatoms. The molecule has 0 fully saturated rings. The summed E-state index contributed by atoms with van der Waals surface area (Å²) in [6, 6.07) is 3.47. The van der Waals surface area contributed by atoms with E-state index in [-0.39, 0.29) is 40.2 Å². The molecule has 0 radical (unpaired) electrons. The van der Waals surface area contributed by atoms with E-state index in [9.17, 15) is 27.5 Å². The first kappa shape index (κ1) is 22.3. The van der Waals surface area contributed by atoms with E-state index in [1.54, 1.807) is 6.92 Å². The van der Waals surface area contributed by atoms with Gasteiger partial charge in [-0.15, -0.1) is 0 Å². The highest BCUT2D eigenvalue weighted by molar-refractivity contribution is 9.11. The molecule has 1 atom stereocenters. The van der Waals surface area contributed by atoms with Crippen LogP contribution in [0.2, 0.25) is 0 Å². The number of carbonyl (C=O) groups is 1. The molecule has 1 aromatic rings. The Kier molecular flexibility index (Phi) is 6.80. The number of ether oxygens (including phenoxy) is 2. The van der Waals surface area contributed by atoms with Gasteiger partial charge in [0.1, 0.15) is 11.6 Å². The van der Waals surface area contributed by atoms with E-state index in [1.807, 2.05) is 0 Å². The van der Waals surface area contributed by atoms with Crippen LogP contribution in [0.5, 0.6) is 5.75 Å². The lowest BCUT2D eigenvalue weighted by Crippen LogP contribution is -2.36. The zero-order valence-electron chi connectivity index (χ0n) is 15.2. The van der Waals surface area contributed by atoms with Gasteiger partial charge in [-0.05, 0) is 53.9 Å². The number of halogens is 5. The first-order valence-electron chi connectivity index (χ1n) is 8.46. The summed E-state index contributed by atoms with van der Waals surface area (Å²) in [7, 11) is 0. The minimum Gasteiger partial charge on any atom is -0.507 e. The number of aliphatic hydroxyl groups is 1. The third kappa shape index (κ3) is 5.27. The summed E-state index contributed by atoms with van der Waals surface area (Å²) in [6.45, 7) is 3.18. The second-order valence-corrected chi connectivity index (χ2v) is 7.20. The Morgan fingerprint density at radius 2 is 2.00 bits per heavy atom. The Labute approximate surface area is 168 Å². The maximum Gasteiger partial charge on any atom is 0.389 e. The minimum absolute atomic E-state index is 0.0674. The molecule has 0 aromatic heterocycles. The summed E-state index contributed by atoms with van der Waals surface area (Å²) >= 11 is 3.09. The number of rotatable bonds is 7. The first-order chi connectivity index (χ1) is 13.0. The van der Waals surface area contributed by atoms with Gasteiger partial charge in [0.25, 0.3) is 0 Å². The molecule has 28 heavy (non-hydrogen) atoms. The van der Waals surface area contributed by atoms with Gasteiger partial charge in [0, 0.05) is 18.1 Å². The van der Waals surface area contributed by atoms with Gasteiger partial charge >= 0.3 is 12.1 Å². The molecular formula is C19H19BrF4O4. The number of esters is 1. The molecule has 4 nitrogen and oxygen atoms in total. The molecular weight excluding hydrogens is 448 g/mol. The van der Waals surface area contributed by atoms with Crippen LogP contribution >= 0.6 is 15.9 Å². The molecule has 1 N–H and O–H groups in total. The van der Waals surface area contributed by atoms with Gasteiger partial charge in [0.2, 0.25) is 0 Å². The monoisotopic (exact) mass is 466 g/mol. The summed E-state index contributed by atoms with van der Waals surface area (Å²) < 4.78 is 62.6. The van der Waals surface area contributed by atoms with Crippen LogP contribution in [0.3, 0.4) is 0 Å². The number of carbonyl (C=O) groups excluding carboxylic acids is 1. The normalized spacial score (nSPS) is 19.6. The van der Waals surface area contributed by atoms with Crippen molar-refractivity contribution in [2.45, 2.75) is 44.9 Å². The Morgan fingerprint density at radius 3 is 2.61 bits per heavy atom. The Morgan fingerprint density at radius 1 is 1.32 bits per heavy atom. The van der Waals surface area contributed by atoms with E-state index in [0.717, 1.165) is 12.1 Å². The van der Waals surface area contributed by atoms with Gasteiger partial charge < -0.3 is 14.6 Å². The molecule has 1 aliphatic carbocycles. The van der Waals surface area contributed by atoms with Gasteiger partial charge in [0.15, 0.2) is 11.4 Å². The standard InChI is InChI=1S/C19H19BrF4O4/c1-3-27-16(25)8-11-4-5-13(21)10-15(11)28-18(2)12(6-7-19(22,23)24)9-14(20)17(18)26/h4-5,9-10,26H,3,6-8H2,1-2H3. The highest BCUT2D eigenvalue weighted by Gasteiger charge is 2.43. The molecule has 2 rings (SSSR count). The van der Waals surface area contributed by atoms with Crippen LogP contribution < -0.4 is 4.74 Å². The summed E-state index contributed by atoms with van der Waals surface area (Å²) in [5.74, 6) is -1.63. The van der Waals surface area contributed by atoms with Crippen LogP contribution in [0.1, 0.15) is 32.3 Å². The van der Waals surface area contributed by atoms with Gasteiger partial charge in [-0.3, -0.25) is 4.79 Å². The van der Waals surface area contributed by atoms with Crippen LogP contribution in [0.4, 0.5) is 17.6 Å². The Balaban J connectivity index is 2.34. The van der Waals surface area contributed by atoms with Gasteiger partial charge in [-0.1, -0.05) is 6.07 Å². The van der Waals surface area contributed by atoms with Crippen molar-refractivity contribution in [3.63, 3.8) is 0 Å². The molecule has 0 aliphatic heterocycles. The lowest BCUT2D eigenvalue weighted by atomic mass is 9.93. The summed E-state index contributed by atoms with van der Waals surface area (Å²) in [5, 5.41) is 10.4. The van der Waals surface area contributed by atoms with E-state index in [1.165, 1.54) is 19.1 Å². The quantitative estimate of drug-likeness (QED) is 0.424. The van der Waals surface area contributed by atoms with Gasteiger partial charge in [-0.25, -0.2) is 4.39 Å². The summed E-state index contributed by atoms with van der Waals surface area (Å²) in [6.07, 6.45) is -4.77. The largest absolute Gasteiger partial charge is 0.507 e. The SMILES string of the molecule is CCOC(=O)Cc1ccc(F)cc1OC1(C)C(CCC(F)(F)F)=CC(Br)=C1O. The second kappa shape index (κ2) is 8.55. The van der Waals surface area contributed by atoms with Gasteiger partial charge in [-0.2, -0.15) is 13.2 Å². The lowest BCUT2D eigenvalue weighted by Gasteiger charge is -2.31.